The van der Waals surface area contributed by atoms with Crippen molar-refractivity contribution >= 4 is 23.4 Å². The third-order valence-electron chi connectivity index (χ3n) is 4.68. The van der Waals surface area contributed by atoms with Crippen molar-refractivity contribution in [2.24, 2.45) is 7.05 Å². The van der Waals surface area contributed by atoms with E-state index in [1.54, 1.807) is 12.4 Å². The zero-order chi connectivity index (χ0) is 20.9. The molecule has 6 nitrogen and oxygen atoms in total. The van der Waals surface area contributed by atoms with Crippen LogP contribution in [0.5, 0.6) is 0 Å². The predicted molar refractivity (Wildman–Crippen MR) is 120 cm³/mol. The molecule has 0 saturated carbocycles. The van der Waals surface area contributed by atoms with Crippen LogP contribution in [0.4, 0.5) is 5.69 Å². The second kappa shape index (κ2) is 8.92. The van der Waals surface area contributed by atoms with Crippen molar-refractivity contribution in [3.05, 3.63) is 79.1 Å². The van der Waals surface area contributed by atoms with Crippen LogP contribution in [0, 0.1) is 0 Å². The number of anilines is 1. The molecule has 0 aliphatic carbocycles. The van der Waals surface area contributed by atoms with Gasteiger partial charge < -0.3 is 9.88 Å². The fourth-order valence-electron chi connectivity index (χ4n) is 3.07. The van der Waals surface area contributed by atoms with Crippen molar-refractivity contribution < 1.29 is 4.79 Å². The Labute approximate surface area is 179 Å². The molecule has 2 aromatic heterocycles. The Hall–Kier alpha value is -3.45. The lowest BCUT2D eigenvalue weighted by Crippen LogP contribution is -2.23. The molecule has 4 aromatic rings. The van der Waals surface area contributed by atoms with Gasteiger partial charge in [0.15, 0.2) is 11.0 Å². The molecule has 0 bridgehead atoms. The summed E-state index contributed by atoms with van der Waals surface area (Å²) in [5.41, 5.74) is 3.72. The number of para-hydroxylation sites is 1. The molecule has 2 aromatic carbocycles. The lowest BCUT2D eigenvalue weighted by Gasteiger charge is -2.14. The number of amides is 1. The van der Waals surface area contributed by atoms with Gasteiger partial charge in [0.1, 0.15) is 0 Å². The van der Waals surface area contributed by atoms with Crippen LogP contribution in [0.15, 0.2) is 84.3 Å². The number of pyridine rings is 1. The highest BCUT2D eigenvalue weighted by Crippen LogP contribution is 2.30. The second-order valence-corrected chi connectivity index (χ2v) is 8.08. The number of hydrogen-bond donors (Lipinski definition) is 1. The lowest BCUT2D eigenvalue weighted by molar-refractivity contribution is -0.115. The van der Waals surface area contributed by atoms with E-state index in [1.807, 2.05) is 85.3 Å². The third kappa shape index (κ3) is 4.26. The van der Waals surface area contributed by atoms with Crippen molar-refractivity contribution in [3.8, 4) is 22.5 Å². The molecule has 30 heavy (non-hydrogen) atoms. The monoisotopic (exact) mass is 415 g/mol. The van der Waals surface area contributed by atoms with Crippen molar-refractivity contribution in [3.63, 3.8) is 0 Å². The Morgan fingerprint density at radius 3 is 2.47 bits per heavy atom. The van der Waals surface area contributed by atoms with Crippen LogP contribution in [-0.4, -0.2) is 30.9 Å². The quantitative estimate of drug-likeness (QED) is 0.464. The predicted octanol–water partition coefficient (Wildman–Crippen LogP) is 4.66. The summed E-state index contributed by atoms with van der Waals surface area (Å²) in [6, 6.07) is 21.6. The van der Waals surface area contributed by atoms with Crippen LogP contribution in [0.1, 0.15) is 6.92 Å². The minimum absolute atomic E-state index is 0.0886. The van der Waals surface area contributed by atoms with Gasteiger partial charge in [-0.15, -0.1) is 10.2 Å². The van der Waals surface area contributed by atoms with E-state index in [2.05, 4.69) is 20.5 Å². The Bertz CT molecular complexity index is 1140. The largest absolute Gasteiger partial charge is 0.325 e. The Balaban J connectivity index is 1.49. The summed E-state index contributed by atoms with van der Waals surface area (Å²) in [6.07, 6.45) is 3.46. The van der Waals surface area contributed by atoms with Crippen molar-refractivity contribution in [1.82, 2.24) is 19.7 Å². The van der Waals surface area contributed by atoms with E-state index in [0.29, 0.717) is 11.0 Å². The SMILES string of the molecule is CC(Sc1nnc(-c2cccnc2)n1C)C(=O)Nc1ccccc1-c1ccccc1. The smallest absolute Gasteiger partial charge is 0.237 e. The first-order chi connectivity index (χ1) is 14.6. The molecular formula is C23H21N5OS. The number of aromatic nitrogens is 4. The number of benzene rings is 2. The van der Waals surface area contributed by atoms with Gasteiger partial charge >= 0.3 is 0 Å². The van der Waals surface area contributed by atoms with Gasteiger partial charge in [0.2, 0.25) is 5.91 Å². The third-order valence-corrected chi connectivity index (χ3v) is 5.81. The second-order valence-electron chi connectivity index (χ2n) is 6.77. The van der Waals surface area contributed by atoms with Gasteiger partial charge in [-0.25, -0.2) is 0 Å². The molecule has 1 N–H and O–H groups in total. The van der Waals surface area contributed by atoms with Gasteiger partial charge in [-0.3, -0.25) is 9.78 Å². The van der Waals surface area contributed by atoms with Gasteiger partial charge in [-0.05, 0) is 30.7 Å². The Morgan fingerprint density at radius 1 is 0.967 bits per heavy atom. The molecule has 1 atom stereocenters. The number of carbonyl (C=O) groups is 1. The van der Waals surface area contributed by atoms with Gasteiger partial charge in [-0.1, -0.05) is 60.3 Å². The lowest BCUT2D eigenvalue weighted by atomic mass is 10.0. The highest BCUT2D eigenvalue weighted by Gasteiger charge is 2.20. The standard InChI is InChI=1S/C23H21N5OS/c1-16(30-23-27-26-21(28(23)2)18-11-8-14-24-15-18)22(29)25-20-13-7-6-12-19(20)17-9-4-3-5-10-17/h3-16H,1-2H3,(H,25,29). The number of nitrogens with zero attached hydrogens (tertiary/aromatic N) is 4. The van der Waals surface area contributed by atoms with Crippen LogP contribution in [-0.2, 0) is 11.8 Å². The van der Waals surface area contributed by atoms with E-state index < -0.39 is 0 Å². The topological polar surface area (TPSA) is 72.7 Å². The number of thioether (sulfide) groups is 1. The van der Waals surface area contributed by atoms with Crippen LogP contribution < -0.4 is 5.32 Å². The van der Waals surface area contributed by atoms with E-state index in [1.165, 1.54) is 11.8 Å². The molecule has 1 amide bonds. The van der Waals surface area contributed by atoms with Crippen LogP contribution >= 0.6 is 11.8 Å². The average molecular weight is 416 g/mol. The summed E-state index contributed by atoms with van der Waals surface area (Å²) >= 11 is 1.37. The highest BCUT2D eigenvalue weighted by atomic mass is 32.2. The number of nitrogens with one attached hydrogen (secondary N) is 1. The molecule has 0 aliphatic heterocycles. The van der Waals surface area contributed by atoms with Gasteiger partial charge in [0.25, 0.3) is 0 Å². The average Bonchev–Trinajstić information content (AvgIpc) is 3.15. The molecular weight excluding hydrogens is 394 g/mol. The molecule has 7 heteroatoms. The van der Waals surface area contributed by atoms with Gasteiger partial charge in [0, 0.05) is 36.3 Å². The highest BCUT2D eigenvalue weighted by molar-refractivity contribution is 8.00. The van der Waals surface area contributed by atoms with Gasteiger partial charge in [-0.2, -0.15) is 0 Å². The number of rotatable bonds is 6. The first-order valence-corrected chi connectivity index (χ1v) is 10.4. The molecule has 1 unspecified atom stereocenters. The van der Waals surface area contributed by atoms with Crippen molar-refractivity contribution in [1.29, 1.82) is 0 Å². The first-order valence-electron chi connectivity index (χ1n) is 9.55. The van der Waals surface area contributed by atoms with E-state index in [0.717, 1.165) is 22.4 Å². The zero-order valence-corrected chi connectivity index (χ0v) is 17.5. The van der Waals surface area contributed by atoms with Crippen LogP contribution in [0.3, 0.4) is 0 Å². The van der Waals surface area contributed by atoms with Crippen LogP contribution in [0.25, 0.3) is 22.5 Å². The molecule has 2 heterocycles. The molecule has 4 rings (SSSR count). The van der Waals surface area contributed by atoms with E-state index in [-0.39, 0.29) is 11.2 Å². The minimum Gasteiger partial charge on any atom is -0.325 e. The maximum Gasteiger partial charge on any atom is 0.237 e. The zero-order valence-electron chi connectivity index (χ0n) is 16.7. The Kier molecular flexibility index (Phi) is 5.90. The number of hydrogen-bond acceptors (Lipinski definition) is 5. The van der Waals surface area contributed by atoms with Crippen molar-refractivity contribution in [2.45, 2.75) is 17.3 Å². The molecule has 0 radical (unpaired) electrons. The van der Waals surface area contributed by atoms with E-state index >= 15 is 0 Å². The van der Waals surface area contributed by atoms with Crippen molar-refractivity contribution in [2.75, 3.05) is 5.32 Å². The summed E-state index contributed by atoms with van der Waals surface area (Å²) in [5.74, 6) is 0.627. The Morgan fingerprint density at radius 2 is 1.70 bits per heavy atom. The molecule has 150 valence electrons. The molecule has 0 spiro atoms. The van der Waals surface area contributed by atoms with Crippen LogP contribution in [0.2, 0.25) is 0 Å². The summed E-state index contributed by atoms with van der Waals surface area (Å²) in [5, 5.41) is 11.9. The molecule has 0 fully saturated rings. The normalized spacial score (nSPS) is 11.8. The minimum atomic E-state index is -0.349. The first kappa shape index (κ1) is 19.8. The molecule has 0 saturated heterocycles. The van der Waals surface area contributed by atoms with E-state index in [4.69, 9.17) is 0 Å². The number of carbonyl (C=O) groups excluding carboxylic acids is 1. The summed E-state index contributed by atoms with van der Waals surface area (Å²) in [7, 11) is 1.89. The maximum absolute atomic E-state index is 12.9. The fraction of sp³-hybridized carbons (Fsp3) is 0.130. The maximum atomic E-state index is 12.9. The fourth-order valence-corrected chi connectivity index (χ4v) is 3.89. The summed E-state index contributed by atoms with van der Waals surface area (Å²) in [6.45, 7) is 1.86. The van der Waals surface area contributed by atoms with Gasteiger partial charge in [0.05, 0.1) is 5.25 Å². The van der Waals surface area contributed by atoms with E-state index in [9.17, 15) is 4.79 Å². The summed E-state index contributed by atoms with van der Waals surface area (Å²) < 4.78 is 1.88. The summed E-state index contributed by atoms with van der Waals surface area (Å²) in [4.78, 5) is 17.0. The molecule has 0 aliphatic rings.